The molecule has 1 aromatic rings. The average molecular weight is 371 g/mol. The molecule has 1 heterocycles. The highest BCUT2D eigenvalue weighted by Crippen LogP contribution is 2.19. The molecule has 1 N–H and O–H groups in total. The van der Waals surface area contributed by atoms with Gasteiger partial charge in [0, 0.05) is 25.2 Å². The molecule has 25 heavy (non-hydrogen) atoms. The fraction of sp³-hybridized carbons (Fsp3) is 0.471. The first kappa shape index (κ1) is 19.2. The fourth-order valence-corrected chi connectivity index (χ4v) is 2.99. The molecule has 0 radical (unpaired) electrons. The first-order chi connectivity index (χ1) is 11.8. The van der Waals surface area contributed by atoms with Gasteiger partial charge in [0.1, 0.15) is 5.82 Å². The zero-order valence-corrected chi connectivity index (χ0v) is 14.6. The third-order valence-corrected chi connectivity index (χ3v) is 4.63. The molecule has 0 bridgehead atoms. The first-order valence-electron chi connectivity index (χ1n) is 7.96. The van der Waals surface area contributed by atoms with Crippen LogP contribution in [-0.2, 0) is 20.8 Å². The molecule has 1 aromatic carbocycles. The number of aliphatic carboxylic acids is 1. The first-order valence-corrected chi connectivity index (χ1v) is 8.34. The molecular weight excluding hydrogens is 351 g/mol. The molecule has 2 rings (SSSR count). The van der Waals surface area contributed by atoms with Crippen molar-refractivity contribution in [2.75, 3.05) is 26.7 Å². The van der Waals surface area contributed by atoms with Crippen molar-refractivity contribution in [3.63, 3.8) is 0 Å². The van der Waals surface area contributed by atoms with E-state index in [1.165, 1.54) is 29.0 Å². The minimum absolute atomic E-state index is 0.0410. The van der Waals surface area contributed by atoms with E-state index < -0.39 is 17.7 Å². The van der Waals surface area contributed by atoms with Gasteiger partial charge in [0.2, 0.25) is 11.8 Å². The van der Waals surface area contributed by atoms with E-state index in [0.29, 0.717) is 24.9 Å². The average Bonchev–Trinajstić information content (AvgIpc) is 2.57. The lowest BCUT2D eigenvalue weighted by Gasteiger charge is -2.32. The summed E-state index contributed by atoms with van der Waals surface area (Å²) in [5, 5.41) is 9.24. The molecule has 136 valence electrons. The number of likely N-dealkylation sites (N-methyl/N-ethyl adjacent to an activating group) is 1. The van der Waals surface area contributed by atoms with Crippen molar-refractivity contribution in [1.29, 1.82) is 0 Å². The van der Waals surface area contributed by atoms with Gasteiger partial charge < -0.3 is 14.9 Å². The number of nitrogens with zero attached hydrogens (tertiary/aromatic N) is 2. The molecule has 1 atom stereocenters. The highest BCUT2D eigenvalue weighted by Gasteiger charge is 2.29. The van der Waals surface area contributed by atoms with E-state index in [1.54, 1.807) is 0 Å². The maximum Gasteiger partial charge on any atom is 0.308 e. The third-order valence-electron chi connectivity index (χ3n) is 4.28. The van der Waals surface area contributed by atoms with E-state index in [1.807, 2.05) is 0 Å². The minimum atomic E-state index is -0.909. The van der Waals surface area contributed by atoms with Gasteiger partial charge in [0.05, 0.1) is 18.9 Å². The summed E-state index contributed by atoms with van der Waals surface area (Å²) in [4.78, 5) is 38.4. The van der Waals surface area contributed by atoms with Gasteiger partial charge in [-0.2, -0.15) is 0 Å². The molecule has 0 aromatic heterocycles. The number of carbonyl (C=O) groups is 3. The fourth-order valence-electron chi connectivity index (χ4n) is 2.76. The monoisotopic (exact) mass is 370 g/mol. The summed E-state index contributed by atoms with van der Waals surface area (Å²) in [5.74, 6) is -2.56. The summed E-state index contributed by atoms with van der Waals surface area (Å²) >= 11 is 5.91. The lowest BCUT2D eigenvalue weighted by Crippen LogP contribution is -2.47. The third kappa shape index (κ3) is 5.16. The Morgan fingerprint density at radius 3 is 2.76 bits per heavy atom. The number of amides is 2. The number of carboxylic acid groups (broad SMARTS) is 1. The van der Waals surface area contributed by atoms with Crippen LogP contribution in [0.5, 0.6) is 0 Å². The van der Waals surface area contributed by atoms with Crippen LogP contribution in [0.2, 0.25) is 5.02 Å². The molecule has 0 saturated carbocycles. The Kier molecular flexibility index (Phi) is 6.36. The van der Waals surface area contributed by atoms with Gasteiger partial charge in [0.25, 0.3) is 0 Å². The molecule has 8 heteroatoms. The minimum Gasteiger partial charge on any atom is -0.481 e. The van der Waals surface area contributed by atoms with Crippen molar-refractivity contribution in [1.82, 2.24) is 9.80 Å². The molecule has 6 nitrogen and oxygen atoms in total. The topological polar surface area (TPSA) is 77.9 Å². The summed E-state index contributed by atoms with van der Waals surface area (Å²) in [5.41, 5.74) is 0.483. The smallest absolute Gasteiger partial charge is 0.308 e. The van der Waals surface area contributed by atoms with E-state index in [0.717, 1.165) is 6.07 Å². The zero-order valence-electron chi connectivity index (χ0n) is 13.9. The number of likely N-dealkylation sites (tertiary alicyclic amines) is 1. The molecule has 1 saturated heterocycles. The van der Waals surface area contributed by atoms with E-state index in [9.17, 15) is 18.8 Å². The van der Waals surface area contributed by atoms with Crippen LogP contribution in [0.15, 0.2) is 18.2 Å². The van der Waals surface area contributed by atoms with Crippen LogP contribution < -0.4 is 0 Å². The van der Waals surface area contributed by atoms with Crippen LogP contribution in [0.1, 0.15) is 18.4 Å². The van der Waals surface area contributed by atoms with Crippen LogP contribution >= 0.6 is 11.6 Å². The normalized spacial score (nSPS) is 17.2. The highest BCUT2D eigenvalue weighted by molar-refractivity contribution is 6.31. The number of piperidine rings is 1. The lowest BCUT2D eigenvalue weighted by atomic mass is 9.98. The van der Waals surface area contributed by atoms with Gasteiger partial charge in [-0.25, -0.2) is 4.39 Å². The molecule has 2 amide bonds. The molecule has 1 fully saturated rings. The summed E-state index contributed by atoms with van der Waals surface area (Å²) in [6.45, 7) is 0.526. The Bertz CT molecular complexity index is 683. The highest BCUT2D eigenvalue weighted by atomic mass is 35.5. The second-order valence-corrected chi connectivity index (χ2v) is 6.59. The van der Waals surface area contributed by atoms with Gasteiger partial charge in [-0.15, -0.1) is 0 Å². The molecule has 0 aliphatic carbocycles. The number of rotatable bonds is 5. The van der Waals surface area contributed by atoms with Crippen molar-refractivity contribution in [2.45, 2.75) is 19.3 Å². The standard InChI is InChI=1S/C17H20ClFN2O4/c1-20(15(22)7-11-4-5-13(19)8-14(11)18)10-16(23)21-6-2-3-12(9-21)17(24)25/h4-5,8,12H,2-3,6-7,9-10H2,1H3,(H,24,25). The SMILES string of the molecule is CN(CC(=O)N1CCCC(C(=O)O)C1)C(=O)Cc1ccc(F)cc1Cl. The molecular formula is C17H20ClFN2O4. The molecule has 1 aliphatic heterocycles. The van der Waals surface area contributed by atoms with Crippen molar-refractivity contribution < 1.29 is 23.9 Å². The van der Waals surface area contributed by atoms with E-state index in [4.69, 9.17) is 16.7 Å². The van der Waals surface area contributed by atoms with Crippen molar-refractivity contribution >= 4 is 29.4 Å². The second kappa shape index (κ2) is 8.29. The van der Waals surface area contributed by atoms with Gasteiger partial charge in [-0.3, -0.25) is 14.4 Å². The number of benzene rings is 1. The predicted octanol–water partition coefficient (Wildman–Crippen LogP) is 1.80. The maximum atomic E-state index is 13.0. The van der Waals surface area contributed by atoms with Crippen LogP contribution in [0.3, 0.4) is 0 Å². The lowest BCUT2D eigenvalue weighted by molar-refractivity contribution is -0.147. The molecule has 1 aliphatic rings. The second-order valence-electron chi connectivity index (χ2n) is 6.18. The number of hydrogen-bond acceptors (Lipinski definition) is 3. The Labute approximate surface area is 150 Å². The van der Waals surface area contributed by atoms with Gasteiger partial charge in [0.15, 0.2) is 0 Å². The summed E-state index contributed by atoms with van der Waals surface area (Å²) in [6, 6.07) is 3.79. The van der Waals surface area contributed by atoms with Crippen LogP contribution in [0.4, 0.5) is 4.39 Å². The number of carbonyl (C=O) groups excluding carboxylic acids is 2. The Balaban J connectivity index is 1.91. The molecule has 1 unspecified atom stereocenters. The van der Waals surface area contributed by atoms with Crippen molar-refractivity contribution in [3.8, 4) is 0 Å². The Morgan fingerprint density at radius 2 is 2.12 bits per heavy atom. The quantitative estimate of drug-likeness (QED) is 0.857. The summed E-state index contributed by atoms with van der Waals surface area (Å²) in [7, 11) is 1.50. The summed E-state index contributed by atoms with van der Waals surface area (Å²) in [6.07, 6.45) is 1.14. The Hall–Kier alpha value is -2.15. The van der Waals surface area contributed by atoms with Crippen molar-refractivity contribution in [2.24, 2.45) is 5.92 Å². The number of carboxylic acids is 1. The van der Waals surface area contributed by atoms with Gasteiger partial charge in [-0.05, 0) is 30.5 Å². The van der Waals surface area contributed by atoms with Gasteiger partial charge >= 0.3 is 5.97 Å². The largest absolute Gasteiger partial charge is 0.481 e. The van der Waals surface area contributed by atoms with E-state index >= 15 is 0 Å². The van der Waals surface area contributed by atoms with Crippen molar-refractivity contribution in [3.05, 3.63) is 34.6 Å². The molecule has 0 spiro atoms. The number of hydrogen-bond donors (Lipinski definition) is 1. The maximum absolute atomic E-state index is 13.0. The Morgan fingerprint density at radius 1 is 1.40 bits per heavy atom. The van der Waals surface area contributed by atoms with Crippen LogP contribution in [0, 0.1) is 11.7 Å². The van der Waals surface area contributed by atoms with Crippen LogP contribution in [0.25, 0.3) is 0 Å². The summed E-state index contributed by atoms with van der Waals surface area (Å²) < 4.78 is 13.0. The zero-order chi connectivity index (χ0) is 18.6. The van der Waals surface area contributed by atoms with E-state index in [-0.39, 0.29) is 36.3 Å². The predicted molar refractivity (Wildman–Crippen MR) is 89.7 cm³/mol. The number of halogens is 2. The van der Waals surface area contributed by atoms with Gasteiger partial charge in [-0.1, -0.05) is 17.7 Å². The van der Waals surface area contributed by atoms with Crippen LogP contribution in [-0.4, -0.2) is 59.4 Å². The van der Waals surface area contributed by atoms with E-state index in [2.05, 4.69) is 0 Å².